The molecule has 3 N–H and O–H groups in total. The van der Waals surface area contributed by atoms with Crippen LogP contribution >= 0.6 is 0 Å². The van der Waals surface area contributed by atoms with E-state index < -0.39 is 0 Å². The first kappa shape index (κ1) is 23.3. The van der Waals surface area contributed by atoms with Gasteiger partial charge in [0.25, 0.3) is 0 Å². The van der Waals surface area contributed by atoms with Gasteiger partial charge >= 0.3 is 0 Å². The summed E-state index contributed by atoms with van der Waals surface area (Å²) in [6, 6.07) is 5.70. The second kappa shape index (κ2) is 11.9. The van der Waals surface area contributed by atoms with Crippen molar-refractivity contribution in [2.45, 2.75) is 51.0 Å². The predicted molar refractivity (Wildman–Crippen MR) is 128 cm³/mol. The third kappa shape index (κ3) is 6.83. The molecule has 1 aromatic rings. The topological polar surface area (TPSA) is 115 Å². The predicted octanol–water partition coefficient (Wildman–Crippen LogP) is 3.20. The maximum Gasteiger partial charge on any atom is 0.216 e. The lowest BCUT2D eigenvalue weighted by atomic mass is 9.98. The average Bonchev–Trinajstić information content (AvgIpc) is 3.04. The number of ether oxygens (including phenoxy) is 3. The van der Waals surface area contributed by atoms with Crippen LogP contribution in [0.25, 0.3) is 0 Å². The van der Waals surface area contributed by atoms with Crippen LogP contribution in [0.15, 0.2) is 50.1 Å². The number of nitrogens with one attached hydrogen (secondary N) is 1. The zero-order chi connectivity index (χ0) is 22.8. The highest BCUT2D eigenvalue weighted by atomic mass is 16.5. The molecule has 32 heavy (non-hydrogen) atoms. The number of nitrogens with two attached hydrogens (primary N) is 1. The van der Waals surface area contributed by atoms with Crippen molar-refractivity contribution in [2.24, 2.45) is 25.7 Å². The van der Waals surface area contributed by atoms with Gasteiger partial charge in [-0.3, -0.25) is 4.99 Å². The number of hydrogen-bond acceptors (Lipinski definition) is 6. The van der Waals surface area contributed by atoms with Crippen LogP contribution in [0.5, 0.6) is 11.5 Å². The summed E-state index contributed by atoms with van der Waals surface area (Å²) in [5, 5.41) is 3.25. The monoisotopic (exact) mass is 440 g/mol. The molecule has 0 spiro atoms. The van der Waals surface area contributed by atoms with E-state index in [0.717, 1.165) is 18.4 Å². The lowest BCUT2D eigenvalue weighted by Gasteiger charge is -2.23. The van der Waals surface area contributed by atoms with Gasteiger partial charge in [-0.1, -0.05) is 12.5 Å². The largest absolute Gasteiger partial charge is 0.493 e. The molecular weight excluding hydrogens is 408 g/mol. The molecule has 0 amide bonds. The molecule has 172 valence electrons. The van der Waals surface area contributed by atoms with Crippen LogP contribution in [0, 0.1) is 0 Å². The Balaban J connectivity index is 1.70. The molecule has 1 saturated carbocycles. The first-order valence-corrected chi connectivity index (χ1v) is 10.8. The van der Waals surface area contributed by atoms with E-state index in [1.165, 1.54) is 25.6 Å². The summed E-state index contributed by atoms with van der Waals surface area (Å²) in [4.78, 5) is 17.1. The van der Waals surface area contributed by atoms with Crippen LogP contribution in [-0.4, -0.2) is 51.4 Å². The Bertz CT molecular complexity index is 930. The number of methoxy groups -OCH3 is 2. The molecular formula is C23H32N6O3. The molecule has 0 atom stereocenters. The number of amidine groups is 1. The Hall–Kier alpha value is -3.36. The minimum atomic E-state index is 0.170. The Morgan fingerprint density at radius 1 is 1.16 bits per heavy atom. The zero-order valence-electron chi connectivity index (χ0n) is 19.0. The van der Waals surface area contributed by atoms with Crippen LogP contribution in [0.4, 0.5) is 0 Å². The first-order valence-electron chi connectivity index (χ1n) is 10.8. The highest BCUT2D eigenvalue weighted by molar-refractivity contribution is 5.97. The minimum Gasteiger partial charge on any atom is -0.493 e. The summed E-state index contributed by atoms with van der Waals surface area (Å²) in [7, 11) is 4.81. The van der Waals surface area contributed by atoms with Crippen molar-refractivity contribution in [3.63, 3.8) is 0 Å². The molecule has 2 aliphatic rings. The van der Waals surface area contributed by atoms with E-state index in [9.17, 15) is 0 Å². The van der Waals surface area contributed by atoms with E-state index in [1.807, 2.05) is 24.3 Å². The van der Waals surface area contributed by atoms with E-state index in [4.69, 9.17) is 19.9 Å². The molecule has 9 nitrogen and oxygen atoms in total. The molecule has 9 heteroatoms. The fraction of sp³-hybridized carbons (Fsp3) is 0.478. The van der Waals surface area contributed by atoms with Crippen LogP contribution < -0.4 is 20.5 Å². The zero-order valence-corrected chi connectivity index (χ0v) is 19.0. The van der Waals surface area contributed by atoms with Crippen molar-refractivity contribution in [1.82, 2.24) is 5.32 Å². The maximum atomic E-state index is 6.08. The minimum absolute atomic E-state index is 0.170. The molecule has 1 aliphatic heterocycles. The van der Waals surface area contributed by atoms with Gasteiger partial charge in [-0.05, 0) is 49.5 Å². The molecule has 0 bridgehead atoms. The lowest BCUT2D eigenvalue weighted by molar-refractivity contribution is 0.140. The van der Waals surface area contributed by atoms with Gasteiger partial charge in [0, 0.05) is 19.9 Å². The van der Waals surface area contributed by atoms with Gasteiger partial charge in [0.05, 0.1) is 14.2 Å². The van der Waals surface area contributed by atoms with E-state index in [0.29, 0.717) is 41.9 Å². The smallest absolute Gasteiger partial charge is 0.216 e. The van der Waals surface area contributed by atoms with Crippen LogP contribution in [0.2, 0.25) is 0 Å². The fourth-order valence-electron chi connectivity index (χ4n) is 3.61. The quantitative estimate of drug-likeness (QED) is 0.521. The normalized spacial score (nSPS) is 17.8. The molecule has 0 aromatic heterocycles. The summed E-state index contributed by atoms with van der Waals surface area (Å²) in [5.74, 6) is 3.39. The van der Waals surface area contributed by atoms with Crippen molar-refractivity contribution < 1.29 is 14.2 Å². The molecule has 1 aliphatic carbocycles. The molecule has 1 fully saturated rings. The van der Waals surface area contributed by atoms with Crippen LogP contribution in [0.3, 0.4) is 0 Å². The van der Waals surface area contributed by atoms with E-state index in [-0.39, 0.29) is 12.1 Å². The van der Waals surface area contributed by atoms with Crippen LogP contribution in [-0.2, 0) is 11.2 Å². The fourth-order valence-corrected chi connectivity index (χ4v) is 3.61. The molecule has 0 unspecified atom stereocenters. The molecule has 0 radical (unpaired) electrons. The number of hydrogen-bond donors (Lipinski definition) is 2. The van der Waals surface area contributed by atoms with Crippen molar-refractivity contribution in [1.29, 1.82) is 0 Å². The lowest BCUT2D eigenvalue weighted by Crippen LogP contribution is -2.27. The van der Waals surface area contributed by atoms with E-state index >= 15 is 0 Å². The standard InChI is InChI=1S/C23H32N6O3/c1-25-23(24)29-21(14-16-9-10-18(30-2)19(13-16)31-3)28-20-11-12-22(27-15-26-20)32-17-7-5-4-6-8-17/h9-11,13,15,17H,4-8,12,14H2,1-3H3,(H3,24,25,28,29). The number of guanidine groups is 1. The summed E-state index contributed by atoms with van der Waals surface area (Å²) >= 11 is 0. The highest BCUT2D eigenvalue weighted by Crippen LogP contribution is 2.28. The summed E-state index contributed by atoms with van der Waals surface area (Å²) in [6.45, 7) is 0. The van der Waals surface area contributed by atoms with Gasteiger partial charge in [-0.15, -0.1) is 0 Å². The third-order valence-corrected chi connectivity index (χ3v) is 5.29. The Morgan fingerprint density at radius 3 is 2.66 bits per heavy atom. The molecule has 1 aromatic carbocycles. The Labute approximate surface area is 189 Å². The SMILES string of the molecule is CN=C(N)/N=C(/Cc1ccc(OC)c(OC)c1)NC1=CCC(OC2CCCCC2)=NC=N1. The van der Waals surface area contributed by atoms with Gasteiger partial charge in [-0.25, -0.2) is 15.0 Å². The van der Waals surface area contributed by atoms with Gasteiger partial charge < -0.3 is 25.3 Å². The third-order valence-electron chi connectivity index (χ3n) is 5.29. The van der Waals surface area contributed by atoms with E-state index in [1.54, 1.807) is 21.3 Å². The van der Waals surface area contributed by atoms with Crippen molar-refractivity contribution in [2.75, 3.05) is 21.3 Å². The van der Waals surface area contributed by atoms with E-state index in [2.05, 4.69) is 25.3 Å². The van der Waals surface area contributed by atoms with Gasteiger partial charge in [0.1, 0.15) is 24.1 Å². The number of rotatable bonds is 6. The highest BCUT2D eigenvalue weighted by Gasteiger charge is 2.17. The van der Waals surface area contributed by atoms with Crippen molar-refractivity contribution in [3.05, 3.63) is 35.7 Å². The molecule has 0 saturated heterocycles. The van der Waals surface area contributed by atoms with Crippen molar-refractivity contribution >= 4 is 24.0 Å². The second-order valence-corrected chi connectivity index (χ2v) is 7.57. The van der Waals surface area contributed by atoms with Gasteiger partial charge in [0.15, 0.2) is 17.4 Å². The first-order chi connectivity index (χ1) is 15.6. The van der Waals surface area contributed by atoms with Gasteiger partial charge in [0.2, 0.25) is 5.96 Å². The van der Waals surface area contributed by atoms with Crippen molar-refractivity contribution in [3.8, 4) is 11.5 Å². The Kier molecular flexibility index (Phi) is 8.65. The summed E-state index contributed by atoms with van der Waals surface area (Å²) in [6.07, 6.45) is 10.6. The summed E-state index contributed by atoms with van der Waals surface area (Å²) in [5.41, 5.74) is 6.83. The molecule has 3 rings (SSSR count). The maximum absolute atomic E-state index is 6.08. The van der Waals surface area contributed by atoms with Gasteiger partial charge in [-0.2, -0.15) is 0 Å². The van der Waals surface area contributed by atoms with Crippen LogP contribution in [0.1, 0.15) is 44.1 Å². The average molecular weight is 441 g/mol. The number of aliphatic imine (C=N–C) groups is 4. The second-order valence-electron chi connectivity index (χ2n) is 7.57. The number of benzene rings is 1. The molecule has 1 heterocycles. The Morgan fingerprint density at radius 2 is 1.94 bits per heavy atom. The number of nitrogens with zero attached hydrogens (tertiary/aromatic N) is 4. The summed E-state index contributed by atoms with van der Waals surface area (Å²) < 4.78 is 16.8.